The molecular formula is C22H40N5+. The number of nitrogen functional groups attached to an aromatic ring is 1. The first-order chi connectivity index (χ1) is 13.2. The Labute approximate surface area is 166 Å². The van der Waals surface area contributed by atoms with Crippen LogP contribution in [0.25, 0.3) is 0 Å². The standard InChI is InChI=1S/C13H14N2.C5H13N3.2C2H6/c14-12-6-8-13(9-7-12)15-10-11-4-2-1-3-5-11;1-7-3-4-8(2)5-6;2*1-2/h1-9,15H,10,14H2;3-4,7H,5-6H2,1-2H3;2*1-2H3/p+1/b;4-3-;;. The Bertz CT molecular complexity index is 553. The lowest BCUT2D eigenvalue weighted by Gasteiger charge is -2.06. The highest BCUT2D eigenvalue weighted by molar-refractivity contribution is 5.51. The molecule has 0 aliphatic rings. The van der Waals surface area contributed by atoms with Crippen LogP contribution in [0.1, 0.15) is 33.3 Å². The second kappa shape index (κ2) is 19.8. The monoisotopic (exact) mass is 374 g/mol. The van der Waals surface area contributed by atoms with Crippen molar-refractivity contribution >= 4 is 11.4 Å². The van der Waals surface area contributed by atoms with Crippen LogP contribution in [0.4, 0.5) is 11.4 Å². The number of nitrogens with one attached hydrogen (secondary N) is 1. The highest BCUT2D eigenvalue weighted by atomic mass is 15.1. The topological polar surface area (TPSA) is 83.9 Å². The van der Waals surface area contributed by atoms with Gasteiger partial charge in [0.1, 0.15) is 6.20 Å². The van der Waals surface area contributed by atoms with E-state index in [1.165, 1.54) is 5.56 Å². The fourth-order valence-electron chi connectivity index (χ4n) is 1.69. The summed E-state index contributed by atoms with van der Waals surface area (Å²) in [6.07, 6.45) is 3.88. The summed E-state index contributed by atoms with van der Waals surface area (Å²) in [7, 11) is 3.90. The van der Waals surface area contributed by atoms with Crippen molar-refractivity contribution in [3.63, 3.8) is 0 Å². The van der Waals surface area contributed by atoms with E-state index in [9.17, 15) is 0 Å². The molecule has 0 aromatic heterocycles. The van der Waals surface area contributed by atoms with Crippen LogP contribution in [0.3, 0.4) is 0 Å². The van der Waals surface area contributed by atoms with Gasteiger partial charge in [-0.15, -0.1) is 0 Å². The highest BCUT2D eigenvalue weighted by Crippen LogP contribution is 2.11. The summed E-state index contributed by atoms with van der Waals surface area (Å²) in [6, 6.07) is 18.1. The Kier molecular flexibility index (Phi) is 19.6. The molecule has 0 aliphatic carbocycles. The van der Waals surface area contributed by atoms with E-state index in [-0.39, 0.29) is 0 Å². The second-order valence-electron chi connectivity index (χ2n) is 5.08. The van der Waals surface area contributed by atoms with Crippen molar-refractivity contribution in [2.75, 3.05) is 31.8 Å². The molecule has 5 heteroatoms. The molecule has 27 heavy (non-hydrogen) atoms. The summed E-state index contributed by atoms with van der Waals surface area (Å²) in [6.45, 7) is 9.41. The molecule has 0 atom stereocenters. The molecule has 7 N–H and O–H groups in total. The van der Waals surface area contributed by atoms with Gasteiger partial charge in [-0.2, -0.15) is 0 Å². The minimum atomic E-state index is 0.574. The third kappa shape index (κ3) is 15.5. The molecular weight excluding hydrogens is 334 g/mol. The summed E-state index contributed by atoms with van der Waals surface area (Å²) in [4.78, 5) is 1.90. The fourth-order valence-corrected chi connectivity index (χ4v) is 1.69. The predicted octanol–water partition coefficient (Wildman–Crippen LogP) is 3.43. The molecule has 2 aromatic carbocycles. The van der Waals surface area contributed by atoms with Crippen molar-refractivity contribution in [3.05, 3.63) is 72.6 Å². The molecule has 0 amide bonds. The third-order valence-electron chi connectivity index (χ3n) is 3.07. The number of quaternary nitrogens is 1. The largest absolute Gasteiger partial charge is 0.399 e. The first kappa shape index (κ1) is 26.7. The van der Waals surface area contributed by atoms with Crippen molar-refractivity contribution < 1.29 is 5.32 Å². The van der Waals surface area contributed by atoms with Gasteiger partial charge in [0.25, 0.3) is 0 Å². The van der Waals surface area contributed by atoms with Crippen LogP contribution < -0.4 is 22.1 Å². The Hall–Kier alpha value is -2.50. The molecule has 0 bridgehead atoms. The van der Waals surface area contributed by atoms with Gasteiger partial charge in [0, 0.05) is 25.0 Å². The molecule has 0 aliphatic heterocycles. The first-order valence-corrected chi connectivity index (χ1v) is 9.65. The van der Waals surface area contributed by atoms with Gasteiger partial charge in [0.05, 0.1) is 19.9 Å². The van der Waals surface area contributed by atoms with Gasteiger partial charge >= 0.3 is 0 Å². The molecule has 0 saturated carbocycles. The van der Waals surface area contributed by atoms with E-state index in [1.807, 2.05) is 107 Å². The summed E-state index contributed by atoms with van der Waals surface area (Å²) in [5.41, 5.74) is 14.0. The molecule has 152 valence electrons. The van der Waals surface area contributed by atoms with Gasteiger partial charge in [0.2, 0.25) is 0 Å². The minimum Gasteiger partial charge on any atom is -0.399 e. The zero-order valence-electron chi connectivity index (χ0n) is 17.9. The van der Waals surface area contributed by atoms with Crippen LogP contribution in [0.15, 0.2) is 67.0 Å². The molecule has 0 unspecified atom stereocenters. The zero-order valence-corrected chi connectivity index (χ0v) is 17.9. The van der Waals surface area contributed by atoms with Crippen LogP contribution in [0, 0.1) is 0 Å². The molecule has 0 radical (unpaired) electrons. The van der Waals surface area contributed by atoms with Crippen LogP contribution in [0.2, 0.25) is 0 Å². The Morgan fingerprint density at radius 2 is 1.52 bits per heavy atom. The quantitative estimate of drug-likeness (QED) is 0.461. The van der Waals surface area contributed by atoms with Crippen LogP contribution in [-0.2, 0) is 6.54 Å². The van der Waals surface area contributed by atoms with E-state index in [0.717, 1.165) is 17.9 Å². The van der Waals surface area contributed by atoms with E-state index < -0.39 is 0 Å². The van der Waals surface area contributed by atoms with Crippen molar-refractivity contribution in [2.45, 2.75) is 34.2 Å². The molecule has 2 aromatic rings. The van der Waals surface area contributed by atoms with Crippen molar-refractivity contribution in [1.82, 2.24) is 4.90 Å². The Morgan fingerprint density at radius 3 is 2.00 bits per heavy atom. The summed E-state index contributed by atoms with van der Waals surface area (Å²) in [5, 5.41) is 5.30. The summed E-state index contributed by atoms with van der Waals surface area (Å²) in [5.74, 6) is 0. The van der Waals surface area contributed by atoms with Gasteiger partial charge in [-0.25, -0.2) is 0 Å². The lowest BCUT2D eigenvalue weighted by molar-refractivity contribution is -0.557. The number of nitrogens with two attached hydrogens (primary N) is 3. The maximum atomic E-state index is 5.61. The molecule has 5 nitrogen and oxygen atoms in total. The van der Waals surface area contributed by atoms with Crippen molar-refractivity contribution in [3.8, 4) is 0 Å². The molecule has 0 saturated heterocycles. The van der Waals surface area contributed by atoms with Crippen molar-refractivity contribution in [1.29, 1.82) is 0 Å². The first-order valence-electron chi connectivity index (χ1n) is 9.65. The number of rotatable bonds is 6. The molecule has 0 spiro atoms. The zero-order chi connectivity index (χ0) is 20.9. The predicted molar refractivity (Wildman–Crippen MR) is 121 cm³/mol. The van der Waals surface area contributed by atoms with Gasteiger partial charge in [-0.1, -0.05) is 58.0 Å². The van der Waals surface area contributed by atoms with Gasteiger partial charge in [-0.05, 0) is 29.8 Å². The average Bonchev–Trinajstić information content (AvgIpc) is 2.75. The number of benzene rings is 2. The maximum Gasteiger partial charge on any atom is 0.108 e. The smallest absolute Gasteiger partial charge is 0.108 e. The third-order valence-corrected chi connectivity index (χ3v) is 3.07. The lowest BCUT2D eigenvalue weighted by Crippen LogP contribution is -2.72. The average molecular weight is 375 g/mol. The highest BCUT2D eigenvalue weighted by Gasteiger charge is 1.92. The number of hydrogen-bond donors (Lipinski definition) is 4. The van der Waals surface area contributed by atoms with E-state index >= 15 is 0 Å². The summed E-state index contributed by atoms with van der Waals surface area (Å²) < 4.78 is 0. The SMILES string of the molecule is CC.CC.C[NH2+]/C=C\N(C)CN.Nc1ccc(NCc2ccccc2)cc1. The molecule has 2 rings (SSSR count). The minimum absolute atomic E-state index is 0.574. The van der Waals surface area contributed by atoms with Gasteiger partial charge in [0.15, 0.2) is 0 Å². The maximum absolute atomic E-state index is 5.61. The van der Waals surface area contributed by atoms with E-state index in [2.05, 4.69) is 17.4 Å². The van der Waals surface area contributed by atoms with Crippen LogP contribution in [-0.4, -0.2) is 25.7 Å². The van der Waals surface area contributed by atoms with Crippen molar-refractivity contribution in [2.24, 2.45) is 5.73 Å². The molecule has 0 heterocycles. The van der Waals surface area contributed by atoms with E-state index in [4.69, 9.17) is 11.5 Å². The lowest BCUT2D eigenvalue weighted by atomic mass is 10.2. The normalized spacial score (nSPS) is 9.00. The number of nitrogens with zero attached hydrogens (tertiary/aromatic N) is 1. The number of anilines is 2. The Balaban J connectivity index is 0. The Morgan fingerprint density at radius 1 is 0.963 bits per heavy atom. The van der Waals surface area contributed by atoms with Gasteiger partial charge in [-0.3, -0.25) is 0 Å². The van der Waals surface area contributed by atoms with Crippen LogP contribution >= 0.6 is 0 Å². The van der Waals surface area contributed by atoms with Gasteiger partial charge < -0.3 is 27.0 Å². The van der Waals surface area contributed by atoms with E-state index in [1.54, 1.807) is 0 Å². The summed E-state index contributed by atoms with van der Waals surface area (Å²) >= 11 is 0. The second-order valence-corrected chi connectivity index (χ2v) is 5.08. The molecule has 0 fully saturated rings. The number of hydrogen-bond acceptors (Lipinski definition) is 4. The fraction of sp³-hybridized carbons (Fsp3) is 0.364. The van der Waals surface area contributed by atoms with Crippen LogP contribution in [0.5, 0.6) is 0 Å². The van der Waals surface area contributed by atoms with E-state index in [0.29, 0.717) is 6.67 Å².